The van der Waals surface area contributed by atoms with Crippen LogP contribution in [0.3, 0.4) is 0 Å². The Bertz CT molecular complexity index is 192. The lowest BCUT2D eigenvalue weighted by molar-refractivity contribution is -0.130. The van der Waals surface area contributed by atoms with Gasteiger partial charge in [0.1, 0.15) is 0 Å². The molecular formula is C3H4F3O3S-. The zero-order valence-corrected chi connectivity index (χ0v) is 5.50. The number of hydrogen-bond acceptors (Lipinski definition) is 3. The van der Waals surface area contributed by atoms with Crippen molar-refractivity contribution in [3.63, 3.8) is 0 Å². The summed E-state index contributed by atoms with van der Waals surface area (Å²) in [5.41, 5.74) is 0. The van der Waals surface area contributed by atoms with E-state index in [0.717, 1.165) is 0 Å². The van der Waals surface area contributed by atoms with E-state index in [1.165, 1.54) is 0 Å². The van der Waals surface area contributed by atoms with Gasteiger partial charge in [0, 0.05) is 5.75 Å². The molecule has 0 saturated carbocycles. The fourth-order valence-corrected chi connectivity index (χ4v) is 0.722. The van der Waals surface area contributed by atoms with Crippen molar-refractivity contribution >= 4 is 10.1 Å². The zero-order chi connectivity index (χ0) is 8.41. The van der Waals surface area contributed by atoms with Crippen molar-refractivity contribution in [2.24, 2.45) is 0 Å². The lowest BCUT2D eigenvalue weighted by Crippen LogP contribution is -2.15. The molecule has 0 aliphatic carbocycles. The average molecular weight is 177 g/mol. The average Bonchev–Trinajstić information content (AvgIpc) is 1.57. The van der Waals surface area contributed by atoms with Crippen LogP contribution in [0.25, 0.3) is 0 Å². The summed E-state index contributed by atoms with van der Waals surface area (Å²) >= 11 is 0. The van der Waals surface area contributed by atoms with Gasteiger partial charge >= 0.3 is 6.18 Å². The molecule has 0 N–H and O–H groups in total. The molecule has 0 atom stereocenters. The van der Waals surface area contributed by atoms with Crippen LogP contribution in [0, 0.1) is 0 Å². The summed E-state index contributed by atoms with van der Waals surface area (Å²) in [6, 6.07) is 0. The SMILES string of the molecule is O=S(=O)([O-])CCC(F)(F)F. The highest BCUT2D eigenvalue weighted by molar-refractivity contribution is 7.85. The van der Waals surface area contributed by atoms with E-state index in [0.29, 0.717) is 0 Å². The van der Waals surface area contributed by atoms with Crippen molar-refractivity contribution in [2.45, 2.75) is 12.6 Å². The van der Waals surface area contributed by atoms with Crippen LogP contribution in [-0.4, -0.2) is 24.9 Å². The summed E-state index contributed by atoms with van der Waals surface area (Å²) < 4.78 is 62.4. The van der Waals surface area contributed by atoms with Crippen LogP contribution in [0.15, 0.2) is 0 Å². The summed E-state index contributed by atoms with van der Waals surface area (Å²) in [4.78, 5) is 0. The van der Waals surface area contributed by atoms with Crippen molar-refractivity contribution < 1.29 is 26.1 Å². The molecule has 7 heteroatoms. The number of rotatable bonds is 2. The predicted octanol–water partition coefficient (Wildman–Crippen LogP) is 0.484. The molecule has 0 amide bonds. The van der Waals surface area contributed by atoms with Gasteiger partial charge < -0.3 is 4.55 Å². The summed E-state index contributed by atoms with van der Waals surface area (Å²) in [6.45, 7) is 0. The second-order valence-corrected chi connectivity index (χ2v) is 3.15. The van der Waals surface area contributed by atoms with Gasteiger partial charge in [0.05, 0.1) is 16.5 Å². The summed E-state index contributed by atoms with van der Waals surface area (Å²) in [5.74, 6) is -1.38. The van der Waals surface area contributed by atoms with Crippen LogP contribution in [0.1, 0.15) is 6.42 Å². The number of halogens is 3. The second kappa shape index (κ2) is 2.75. The van der Waals surface area contributed by atoms with Gasteiger partial charge in [-0.25, -0.2) is 8.42 Å². The molecule has 0 heterocycles. The Morgan fingerprint density at radius 2 is 1.70 bits per heavy atom. The molecule has 0 aliphatic heterocycles. The molecular weight excluding hydrogens is 173 g/mol. The van der Waals surface area contributed by atoms with Crippen LogP contribution in [0.4, 0.5) is 13.2 Å². The predicted molar refractivity (Wildman–Crippen MR) is 25.2 cm³/mol. The van der Waals surface area contributed by atoms with E-state index in [2.05, 4.69) is 0 Å². The van der Waals surface area contributed by atoms with Crippen LogP contribution in [-0.2, 0) is 10.1 Å². The van der Waals surface area contributed by atoms with Gasteiger partial charge in [-0.05, 0) is 0 Å². The van der Waals surface area contributed by atoms with E-state index in [1.54, 1.807) is 0 Å². The number of hydrogen-bond donors (Lipinski definition) is 0. The van der Waals surface area contributed by atoms with E-state index in [9.17, 15) is 26.1 Å². The van der Waals surface area contributed by atoms with Gasteiger partial charge in [-0.1, -0.05) is 0 Å². The summed E-state index contributed by atoms with van der Waals surface area (Å²) in [6.07, 6.45) is -6.14. The fourth-order valence-electron chi connectivity index (χ4n) is 0.241. The largest absolute Gasteiger partial charge is 0.748 e. The summed E-state index contributed by atoms with van der Waals surface area (Å²) in [5, 5.41) is 0. The van der Waals surface area contributed by atoms with Crippen molar-refractivity contribution in [1.82, 2.24) is 0 Å². The van der Waals surface area contributed by atoms with Crippen LogP contribution in [0.2, 0.25) is 0 Å². The Morgan fingerprint density at radius 1 is 1.30 bits per heavy atom. The molecule has 0 bridgehead atoms. The molecule has 10 heavy (non-hydrogen) atoms. The topological polar surface area (TPSA) is 57.2 Å². The minimum absolute atomic E-state index is 1.38. The molecule has 0 saturated heterocycles. The molecule has 0 rings (SSSR count). The standard InChI is InChI=1S/C3H5F3O3S/c4-3(5,6)1-2-10(7,8)9/h1-2H2,(H,7,8,9)/p-1. The maximum atomic E-state index is 11.2. The zero-order valence-electron chi connectivity index (χ0n) is 4.68. The lowest BCUT2D eigenvalue weighted by Gasteiger charge is -2.08. The van der Waals surface area contributed by atoms with Gasteiger partial charge in [0.2, 0.25) is 0 Å². The van der Waals surface area contributed by atoms with Gasteiger partial charge in [-0.15, -0.1) is 0 Å². The molecule has 0 aromatic rings. The number of alkyl halides is 3. The Morgan fingerprint density at radius 3 is 1.80 bits per heavy atom. The van der Waals surface area contributed by atoms with E-state index >= 15 is 0 Å². The van der Waals surface area contributed by atoms with E-state index < -0.39 is 28.5 Å². The molecule has 0 aromatic heterocycles. The van der Waals surface area contributed by atoms with Crippen molar-refractivity contribution in [3.05, 3.63) is 0 Å². The third-order valence-corrected chi connectivity index (χ3v) is 1.34. The quantitative estimate of drug-likeness (QED) is 0.576. The molecule has 0 aliphatic rings. The summed E-state index contributed by atoms with van der Waals surface area (Å²) in [7, 11) is -4.73. The van der Waals surface area contributed by atoms with Crippen LogP contribution in [0.5, 0.6) is 0 Å². The van der Waals surface area contributed by atoms with Crippen molar-refractivity contribution in [1.29, 1.82) is 0 Å². The third kappa shape index (κ3) is 7.70. The smallest absolute Gasteiger partial charge is 0.390 e. The highest BCUT2D eigenvalue weighted by Crippen LogP contribution is 2.19. The molecule has 0 fully saturated rings. The van der Waals surface area contributed by atoms with Gasteiger partial charge in [-0.3, -0.25) is 0 Å². The molecule has 0 unspecified atom stereocenters. The van der Waals surface area contributed by atoms with Gasteiger partial charge in [0.25, 0.3) is 0 Å². The first kappa shape index (κ1) is 9.70. The third-order valence-electron chi connectivity index (χ3n) is 0.636. The van der Waals surface area contributed by atoms with Crippen LogP contribution >= 0.6 is 0 Å². The van der Waals surface area contributed by atoms with Crippen molar-refractivity contribution in [3.8, 4) is 0 Å². The maximum absolute atomic E-state index is 11.2. The molecule has 3 nitrogen and oxygen atoms in total. The Labute approximate surface area is 55.6 Å². The minimum atomic E-state index is -4.73. The van der Waals surface area contributed by atoms with E-state index in [4.69, 9.17) is 0 Å². The first-order chi connectivity index (χ1) is 4.21. The molecule has 62 valence electrons. The van der Waals surface area contributed by atoms with Gasteiger partial charge in [0.15, 0.2) is 0 Å². The normalized spacial score (nSPS) is 13.6. The monoisotopic (exact) mass is 177 g/mol. The highest BCUT2D eigenvalue weighted by Gasteiger charge is 2.27. The maximum Gasteiger partial charge on any atom is 0.390 e. The lowest BCUT2D eigenvalue weighted by atomic mass is 10.5. The Balaban J connectivity index is 3.79. The second-order valence-electron chi connectivity index (χ2n) is 1.63. The Kier molecular flexibility index (Phi) is 2.67. The van der Waals surface area contributed by atoms with Crippen LogP contribution < -0.4 is 0 Å². The van der Waals surface area contributed by atoms with E-state index in [1.807, 2.05) is 0 Å². The fraction of sp³-hybridized carbons (Fsp3) is 1.00. The van der Waals surface area contributed by atoms with E-state index in [-0.39, 0.29) is 0 Å². The highest BCUT2D eigenvalue weighted by atomic mass is 32.2. The van der Waals surface area contributed by atoms with Crippen molar-refractivity contribution in [2.75, 3.05) is 5.75 Å². The minimum Gasteiger partial charge on any atom is -0.748 e. The first-order valence-electron chi connectivity index (χ1n) is 2.21. The Hall–Kier alpha value is -0.300. The van der Waals surface area contributed by atoms with Gasteiger partial charge in [-0.2, -0.15) is 13.2 Å². The molecule has 0 spiro atoms. The molecule has 0 radical (unpaired) electrons. The first-order valence-corrected chi connectivity index (χ1v) is 3.79. The molecule has 0 aromatic carbocycles.